The number of hydrogen-bond donors (Lipinski definition) is 7. The van der Waals surface area contributed by atoms with Gasteiger partial charge in [0.2, 0.25) is 17.5 Å². The zero-order valence-electron chi connectivity index (χ0n) is 23.4. The predicted molar refractivity (Wildman–Crippen MR) is 155 cm³/mol. The van der Waals surface area contributed by atoms with Crippen LogP contribution in [0.2, 0.25) is 0 Å². The Labute approximate surface area is 253 Å². The van der Waals surface area contributed by atoms with Gasteiger partial charge in [-0.05, 0) is 42.0 Å². The van der Waals surface area contributed by atoms with Gasteiger partial charge in [0.25, 0.3) is 0 Å². The van der Waals surface area contributed by atoms with Crippen molar-refractivity contribution in [3.05, 3.63) is 76.5 Å². The molecular formula is C31H28O14. The Balaban J connectivity index is 1.36. The number of aliphatic hydroxyl groups excluding tert-OH is 3. The van der Waals surface area contributed by atoms with E-state index in [9.17, 15) is 45.3 Å². The van der Waals surface area contributed by atoms with Crippen LogP contribution in [0.15, 0.2) is 69.9 Å². The predicted octanol–water partition coefficient (Wildman–Crippen LogP) is 1.73. The molecule has 0 radical (unpaired) electrons. The van der Waals surface area contributed by atoms with E-state index in [1.54, 1.807) is 12.1 Å². The molecule has 45 heavy (non-hydrogen) atoms. The Morgan fingerprint density at radius 2 is 1.64 bits per heavy atom. The van der Waals surface area contributed by atoms with Gasteiger partial charge in [0.05, 0.1) is 7.11 Å². The third-order valence-corrected chi connectivity index (χ3v) is 6.98. The molecule has 1 fully saturated rings. The molecule has 1 aromatic heterocycles. The molecule has 0 bridgehead atoms. The third kappa shape index (κ3) is 6.49. The van der Waals surface area contributed by atoms with Crippen molar-refractivity contribution >= 4 is 23.0 Å². The van der Waals surface area contributed by atoms with Gasteiger partial charge in [0.1, 0.15) is 59.2 Å². The van der Waals surface area contributed by atoms with Gasteiger partial charge in [0, 0.05) is 23.8 Å². The highest BCUT2D eigenvalue weighted by Gasteiger charge is 2.45. The number of carbonyl (C=O) groups is 1. The number of phenols is 3. The Hall–Kier alpha value is -5.28. The minimum Gasteiger partial charge on any atom is -0.508 e. The molecule has 2 heterocycles. The lowest BCUT2D eigenvalue weighted by Crippen LogP contribution is -2.60. The van der Waals surface area contributed by atoms with Gasteiger partial charge in [-0.1, -0.05) is 12.1 Å². The number of fused-ring (bicyclic) bond motifs is 1. The number of ether oxygens (including phenoxy) is 4. The van der Waals surface area contributed by atoms with Crippen LogP contribution < -0.4 is 14.9 Å². The molecule has 3 aromatic carbocycles. The molecule has 1 saturated heterocycles. The van der Waals surface area contributed by atoms with Crippen LogP contribution in [0.3, 0.4) is 0 Å². The highest BCUT2D eigenvalue weighted by molar-refractivity contribution is 5.88. The number of phenolic OH excluding ortho intramolecular Hbond substituents is 3. The number of benzene rings is 3. The minimum atomic E-state index is -1.80. The number of esters is 1. The van der Waals surface area contributed by atoms with Crippen LogP contribution >= 0.6 is 0 Å². The maximum atomic E-state index is 12.9. The summed E-state index contributed by atoms with van der Waals surface area (Å²) in [5, 5.41) is 71.3. The Bertz CT molecular complexity index is 1800. The molecule has 1 aliphatic heterocycles. The molecule has 0 saturated carbocycles. The van der Waals surface area contributed by atoms with E-state index < -0.39 is 60.2 Å². The lowest BCUT2D eigenvalue weighted by Gasteiger charge is -2.39. The standard InChI is InChI=1S/C31H28O14/c1-41-20-10-15(5-8-18(20)33)30-28(39)26(37)24-19(34)11-17(12-21(24)44-30)43-31-29(40)27(38)25(36)22(45-31)13-42-23(35)9-4-14-2-6-16(32)7-3-14/h2-12,22,25,27,29,31-34,36,38-40H,13H2,1H3/b9-4+/t22?,25-,27-,29?,31+/m0/s1. The highest BCUT2D eigenvalue weighted by Crippen LogP contribution is 2.38. The zero-order chi connectivity index (χ0) is 32.4. The summed E-state index contributed by atoms with van der Waals surface area (Å²) in [6.45, 7) is -0.542. The highest BCUT2D eigenvalue weighted by atomic mass is 16.7. The van der Waals surface area contributed by atoms with E-state index in [0.717, 1.165) is 18.2 Å². The van der Waals surface area contributed by atoms with E-state index in [4.69, 9.17) is 23.4 Å². The average molecular weight is 625 g/mol. The third-order valence-electron chi connectivity index (χ3n) is 6.98. The van der Waals surface area contributed by atoms with Gasteiger partial charge in [0.15, 0.2) is 17.3 Å². The fraction of sp³-hybridized carbons (Fsp3) is 0.226. The first kappa shape index (κ1) is 31.2. The van der Waals surface area contributed by atoms with Gasteiger partial charge in [-0.15, -0.1) is 0 Å². The Kier molecular flexibility index (Phi) is 8.83. The molecule has 236 valence electrons. The first-order chi connectivity index (χ1) is 21.5. The number of carbonyl (C=O) groups excluding carboxylic acids is 1. The number of hydrogen-bond acceptors (Lipinski definition) is 14. The minimum absolute atomic E-state index is 0.0346. The van der Waals surface area contributed by atoms with E-state index in [2.05, 4.69) is 0 Å². The first-order valence-corrected chi connectivity index (χ1v) is 13.4. The van der Waals surface area contributed by atoms with Crippen molar-refractivity contribution in [3.8, 4) is 45.8 Å². The van der Waals surface area contributed by atoms with Gasteiger partial charge in [-0.2, -0.15) is 0 Å². The molecule has 0 spiro atoms. The molecule has 5 rings (SSSR count). The number of aromatic hydroxyl groups is 4. The summed E-state index contributed by atoms with van der Waals surface area (Å²) in [7, 11) is 1.31. The van der Waals surface area contributed by atoms with E-state index >= 15 is 0 Å². The fourth-order valence-electron chi connectivity index (χ4n) is 4.60. The molecule has 14 heteroatoms. The molecule has 2 unspecified atom stereocenters. The summed E-state index contributed by atoms with van der Waals surface area (Å²) in [5.74, 6) is -2.91. The number of aliphatic hydroxyl groups is 3. The van der Waals surface area contributed by atoms with Gasteiger partial charge >= 0.3 is 5.97 Å². The Morgan fingerprint density at radius 1 is 0.911 bits per heavy atom. The zero-order valence-corrected chi connectivity index (χ0v) is 23.4. The van der Waals surface area contributed by atoms with Crippen LogP contribution in [0.1, 0.15) is 5.56 Å². The van der Waals surface area contributed by atoms with Crippen molar-refractivity contribution in [1.29, 1.82) is 0 Å². The van der Waals surface area contributed by atoms with E-state index in [-0.39, 0.29) is 45.3 Å². The summed E-state index contributed by atoms with van der Waals surface area (Å²) in [6, 6.07) is 12.1. The molecule has 14 nitrogen and oxygen atoms in total. The maximum Gasteiger partial charge on any atom is 0.330 e. The van der Waals surface area contributed by atoms with E-state index in [1.807, 2.05) is 0 Å². The lowest BCUT2D eigenvalue weighted by molar-refractivity contribution is -0.278. The molecule has 7 N–H and O–H groups in total. The quantitative estimate of drug-likeness (QED) is 0.110. The molecule has 4 aromatic rings. The summed E-state index contributed by atoms with van der Waals surface area (Å²) in [4.78, 5) is 25.1. The fourth-order valence-corrected chi connectivity index (χ4v) is 4.60. The first-order valence-electron chi connectivity index (χ1n) is 13.4. The molecule has 1 aliphatic rings. The summed E-state index contributed by atoms with van der Waals surface area (Å²) in [6.07, 6.45) is -5.73. The molecule has 0 aliphatic carbocycles. The van der Waals surface area contributed by atoms with E-state index in [0.29, 0.717) is 5.56 Å². The van der Waals surface area contributed by atoms with Crippen molar-refractivity contribution in [3.63, 3.8) is 0 Å². The molecule has 5 atom stereocenters. The van der Waals surface area contributed by atoms with Crippen LogP contribution in [0.5, 0.6) is 34.5 Å². The second-order valence-corrected chi connectivity index (χ2v) is 10.00. The van der Waals surface area contributed by atoms with Crippen LogP contribution in [0, 0.1) is 0 Å². The molecular weight excluding hydrogens is 596 g/mol. The lowest BCUT2D eigenvalue weighted by atomic mass is 9.99. The molecule has 0 amide bonds. The normalized spacial score (nSPS) is 21.6. The Morgan fingerprint density at radius 3 is 2.36 bits per heavy atom. The van der Waals surface area contributed by atoms with Crippen molar-refractivity contribution in [2.75, 3.05) is 13.7 Å². The van der Waals surface area contributed by atoms with Gasteiger partial charge < -0.3 is 59.1 Å². The van der Waals surface area contributed by atoms with Crippen LogP contribution in [-0.2, 0) is 14.3 Å². The van der Waals surface area contributed by atoms with Crippen molar-refractivity contribution in [2.24, 2.45) is 0 Å². The van der Waals surface area contributed by atoms with Crippen LogP contribution in [-0.4, -0.2) is 86.1 Å². The van der Waals surface area contributed by atoms with Crippen molar-refractivity contribution < 1.29 is 63.9 Å². The summed E-state index contributed by atoms with van der Waals surface area (Å²) < 4.78 is 27.1. The van der Waals surface area contributed by atoms with Crippen LogP contribution in [0.25, 0.3) is 28.4 Å². The van der Waals surface area contributed by atoms with Crippen LogP contribution in [0.4, 0.5) is 0 Å². The van der Waals surface area contributed by atoms with E-state index in [1.165, 1.54) is 43.5 Å². The van der Waals surface area contributed by atoms with Crippen molar-refractivity contribution in [2.45, 2.75) is 30.7 Å². The number of methoxy groups -OCH3 is 1. The average Bonchev–Trinajstić information content (AvgIpc) is 3.02. The number of rotatable bonds is 8. The SMILES string of the molecule is COc1cc(-c2oc3cc(O[C@@H]4OC(COC(=O)/C=C/c5ccc(O)cc5)[C@H](O)[C@H](O)C4O)cc(O)c3c(=O)c2O)ccc1O. The smallest absolute Gasteiger partial charge is 0.330 e. The summed E-state index contributed by atoms with van der Waals surface area (Å²) >= 11 is 0. The topological polar surface area (TPSA) is 226 Å². The second kappa shape index (κ2) is 12.8. The van der Waals surface area contributed by atoms with Gasteiger partial charge in [-0.25, -0.2) is 4.79 Å². The van der Waals surface area contributed by atoms with Crippen molar-refractivity contribution in [1.82, 2.24) is 0 Å². The monoisotopic (exact) mass is 624 g/mol. The second-order valence-electron chi connectivity index (χ2n) is 10.00. The van der Waals surface area contributed by atoms with Gasteiger partial charge in [-0.3, -0.25) is 4.79 Å². The maximum absolute atomic E-state index is 12.9. The largest absolute Gasteiger partial charge is 0.508 e. The summed E-state index contributed by atoms with van der Waals surface area (Å²) in [5.41, 5.74) is -0.460.